The molecule has 3 rings (SSSR count). The molecule has 0 aromatic heterocycles. The molecule has 0 N–H and O–H groups in total. The van der Waals surface area contributed by atoms with Gasteiger partial charge in [-0.05, 0) is 24.0 Å². The van der Waals surface area contributed by atoms with Crippen molar-refractivity contribution in [3.05, 3.63) is 77.4 Å². The summed E-state index contributed by atoms with van der Waals surface area (Å²) in [4.78, 5) is 12.1. The Kier molecular flexibility index (Phi) is 5.36. The minimum Gasteiger partial charge on any atom is -0.465 e. The van der Waals surface area contributed by atoms with Crippen LogP contribution in [0.1, 0.15) is 39.9 Å². The number of ether oxygens (including phenoxy) is 1. The van der Waals surface area contributed by atoms with E-state index in [1.165, 1.54) is 12.7 Å². The number of benzene rings is 2. The summed E-state index contributed by atoms with van der Waals surface area (Å²) in [5.41, 5.74) is 3.72. The van der Waals surface area contributed by atoms with Crippen molar-refractivity contribution >= 4 is 12.0 Å². The zero-order valence-corrected chi connectivity index (χ0v) is 15.4. The van der Waals surface area contributed by atoms with Crippen molar-refractivity contribution in [2.75, 3.05) is 7.11 Å². The maximum absolute atomic E-state index is 12.1. The van der Waals surface area contributed by atoms with E-state index in [0.717, 1.165) is 24.0 Å². The summed E-state index contributed by atoms with van der Waals surface area (Å²) in [6.07, 6.45) is 3.63. The topological polar surface area (TPSA) is 26.3 Å². The molecule has 0 spiro atoms. The van der Waals surface area contributed by atoms with Crippen molar-refractivity contribution in [3.63, 3.8) is 0 Å². The molecule has 0 aliphatic heterocycles. The van der Waals surface area contributed by atoms with Crippen LogP contribution in [0.5, 0.6) is 0 Å². The average molecular weight is 366 g/mol. The van der Waals surface area contributed by atoms with Crippen LogP contribution in [0.4, 0.5) is 0 Å². The van der Waals surface area contributed by atoms with Crippen LogP contribution in [0.15, 0.2) is 48.5 Å². The molecular formula is C19H17O2Y-. The van der Waals surface area contributed by atoms with Crippen LogP contribution in [0, 0.1) is 6.58 Å². The van der Waals surface area contributed by atoms with Crippen molar-refractivity contribution in [2.45, 2.75) is 18.3 Å². The van der Waals surface area contributed by atoms with Gasteiger partial charge in [0.2, 0.25) is 0 Å². The molecule has 1 aliphatic rings. The quantitative estimate of drug-likeness (QED) is 0.604. The number of esters is 1. The fraction of sp³-hybridized carbons (Fsp3) is 0.211. The first-order valence-electron chi connectivity index (χ1n) is 7.04. The van der Waals surface area contributed by atoms with Gasteiger partial charge in [0.15, 0.2) is 0 Å². The number of rotatable bonds is 4. The summed E-state index contributed by atoms with van der Waals surface area (Å²) in [5.74, 6) is -0.296. The number of hydrogen-bond donors (Lipinski definition) is 0. The summed E-state index contributed by atoms with van der Waals surface area (Å²) in [7, 11) is 1.41. The zero-order valence-electron chi connectivity index (χ0n) is 12.6. The molecular weight excluding hydrogens is 349 g/mol. The molecule has 0 heterocycles. The molecule has 22 heavy (non-hydrogen) atoms. The van der Waals surface area contributed by atoms with E-state index in [2.05, 4.69) is 12.1 Å². The van der Waals surface area contributed by atoms with Gasteiger partial charge in [0, 0.05) is 38.1 Å². The third kappa shape index (κ3) is 2.95. The molecule has 109 valence electrons. The Morgan fingerprint density at radius 1 is 1.18 bits per heavy atom. The molecule has 2 aromatic rings. The summed E-state index contributed by atoms with van der Waals surface area (Å²) in [6.45, 7) is 5.64. The predicted molar refractivity (Wildman–Crippen MR) is 83.0 cm³/mol. The van der Waals surface area contributed by atoms with E-state index < -0.39 is 0 Å². The Morgan fingerprint density at radius 2 is 1.86 bits per heavy atom. The SMILES string of the molecule is [CH-]=Cc1ccc(C(=O)OC)c(C2(c3ccccc3)CC2)c1.[Y]. The first-order valence-corrected chi connectivity index (χ1v) is 7.04. The molecule has 0 amide bonds. The Bertz CT molecular complexity index is 688. The van der Waals surface area contributed by atoms with Gasteiger partial charge in [-0.2, -0.15) is 5.56 Å². The van der Waals surface area contributed by atoms with Crippen molar-refractivity contribution < 1.29 is 42.2 Å². The average Bonchev–Trinajstić information content (AvgIpc) is 3.36. The van der Waals surface area contributed by atoms with Gasteiger partial charge >= 0.3 is 5.97 Å². The van der Waals surface area contributed by atoms with Gasteiger partial charge in [-0.3, -0.25) is 6.58 Å². The van der Waals surface area contributed by atoms with Crippen molar-refractivity contribution in [1.29, 1.82) is 0 Å². The number of methoxy groups -OCH3 is 1. The molecule has 2 aromatic carbocycles. The normalized spacial score (nSPS) is 14.6. The van der Waals surface area contributed by atoms with Crippen LogP contribution in [0.2, 0.25) is 0 Å². The van der Waals surface area contributed by atoms with Gasteiger partial charge in [-0.1, -0.05) is 36.4 Å². The van der Waals surface area contributed by atoms with Gasteiger partial charge < -0.3 is 4.74 Å². The molecule has 1 radical (unpaired) electrons. The zero-order chi connectivity index (χ0) is 14.9. The van der Waals surface area contributed by atoms with E-state index in [1.807, 2.05) is 36.4 Å². The Hall–Kier alpha value is -1.25. The fourth-order valence-electron chi connectivity index (χ4n) is 2.95. The van der Waals surface area contributed by atoms with Crippen molar-refractivity contribution in [1.82, 2.24) is 0 Å². The number of carbonyl (C=O) groups excluding carboxylic acids is 1. The second-order valence-electron chi connectivity index (χ2n) is 5.41. The van der Waals surface area contributed by atoms with Gasteiger partial charge in [-0.15, -0.1) is 12.1 Å². The third-order valence-corrected chi connectivity index (χ3v) is 4.23. The van der Waals surface area contributed by atoms with Crippen LogP contribution in [-0.4, -0.2) is 13.1 Å². The second kappa shape index (κ2) is 6.89. The monoisotopic (exact) mass is 366 g/mol. The van der Waals surface area contributed by atoms with Crippen molar-refractivity contribution in [2.24, 2.45) is 0 Å². The minimum atomic E-state index is -0.296. The Labute approximate surface area is 156 Å². The Balaban J connectivity index is 0.00000176. The van der Waals surface area contributed by atoms with Crippen LogP contribution >= 0.6 is 0 Å². The number of carbonyl (C=O) groups is 1. The molecule has 1 fully saturated rings. The number of hydrogen-bond acceptors (Lipinski definition) is 2. The van der Waals surface area contributed by atoms with Gasteiger partial charge in [0.25, 0.3) is 0 Å². The minimum absolute atomic E-state index is 0. The van der Waals surface area contributed by atoms with Crippen LogP contribution in [-0.2, 0) is 42.9 Å². The summed E-state index contributed by atoms with van der Waals surface area (Å²) < 4.78 is 4.93. The molecule has 0 bridgehead atoms. The fourth-order valence-corrected chi connectivity index (χ4v) is 2.95. The molecule has 2 nitrogen and oxygen atoms in total. The first-order chi connectivity index (χ1) is 10.2. The standard InChI is InChI=1S/C19H17O2.Y/c1-3-14-9-10-16(18(20)21-2)17(13-14)19(11-12-19)15-7-5-4-6-8-15;/h1,3-10,13H,11-12H2,2H3;/q-1;. The molecule has 0 saturated heterocycles. The maximum Gasteiger partial charge on any atom is 0.338 e. The molecule has 3 heteroatoms. The largest absolute Gasteiger partial charge is 0.465 e. The summed E-state index contributed by atoms with van der Waals surface area (Å²) in [5, 5.41) is 0. The van der Waals surface area contributed by atoms with Crippen molar-refractivity contribution in [3.8, 4) is 0 Å². The van der Waals surface area contributed by atoms with E-state index in [0.29, 0.717) is 5.56 Å². The van der Waals surface area contributed by atoms with E-state index in [9.17, 15) is 4.79 Å². The van der Waals surface area contributed by atoms with E-state index in [-0.39, 0.29) is 44.1 Å². The van der Waals surface area contributed by atoms with E-state index in [4.69, 9.17) is 11.3 Å². The molecule has 1 aliphatic carbocycles. The third-order valence-electron chi connectivity index (χ3n) is 4.23. The second-order valence-corrected chi connectivity index (χ2v) is 5.41. The van der Waals surface area contributed by atoms with Gasteiger partial charge in [0.05, 0.1) is 12.7 Å². The molecule has 1 saturated carbocycles. The summed E-state index contributed by atoms with van der Waals surface area (Å²) >= 11 is 0. The smallest absolute Gasteiger partial charge is 0.338 e. The first kappa shape index (κ1) is 17.1. The van der Waals surface area contributed by atoms with Gasteiger partial charge in [0.1, 0.15) is 0 Å². The maximum atomic E-state index is 12.1. The van der Waals surface area contributed by atoms with Crippen LogP contribution in [0.25, 0.3) is 6.08 Å². The van der Waals surface area contributed by atoms with E-state index >= 15 is 0 Å². The predicted octanol–water partition coefficient (Wildman–Crippen LogP) is 4.00. The molecule has 0 unspecified atom stereocenters. The van der Waals surface area contributed by atoms with Gasteiger partial charge in [-0.25, -0.2) is 10.9 Å². The van der Waals surface area contributed by atoms with E-state index in [1.54, 1.807) is 6.08 Å². The molecule has 0 atom stereocenters. The summed E-state index contributed by atoms with van der Waals surface area (Å²) in [6, 6.07) is 16.0. The Morgan fingerprint density at radius 3 is 2.41 bits per heavy atom. The van der Waals surface area contributed by atoms with Crippen LogP contribution < -0.4 is 0 Å². The van der Waals surface area contributed by atoms with Crippen LogP contribution in [0.3, 0.4) is 0 Å².